The number of para-hydroxylation sites is 1. The Bertz CT molecular complexity index is 1810. The second-order valence-electron chi connectivity index (χ2n) is 12.1. The quantitative estimate of drug-likeness (QED) is 0.0744. The molecule has 3 heterocycles. The number of likely N-dealkylation sites (N-methyl/N-ethyl adjacent to an activating group) is 1. The highest BCUT2D eigenvalue weighted by Crippen LogP contribution is 2.28. The number of benzene rings is 2. The summed E-state index contributed by atoms with van der Waals surface area (Å²) in [7, 11) is 1.52. The van der Waals surface area contributed by atoms with E-state index in [4.69, 9.17) is 5.21 Å². The second kappa shape index (κ2) is 17.2. The van der Waals surface area contributed by atoms with Crippen LogP contribution < -0.4 is 16.1 Å². The van der Waals surface area contributed by atoms with E-state index in [1.165, 1.54) is 47.8 Å². The number of nitrogens with zero attached hydrogens (tertiary/aromatic N) is 6. The van der Waals surface area contributed by atoms with E-state index in [0.29, 0.717) is 12.8 Å². The van der Waals surface area contributed by atoms with E-state index in [-0.39, 0.29) is 42.8 Å². The minimum Gasteiger partial charge on any atom is -0.381 e. The fraction of sp³-hybridized carbons (Fsp3) is 0.364. The molecule has 5 rings (SSSR count). The highest BCUT2D eigenvalue weighted by atomic mass is 19.1. The van der Waals surface area contributed by atoms with E-state index >= 15 is 0 Å². The van der Waals surface area contributed by atoms with Crippen LogP contribution in [0.3, 0.4) is 0 Å². The molecule has 50 heavy (non-hydrogen) atoms. The summed E-state index contributed by atoms with van der Waals surface area (Å²) < 4.78 is 29.9. The van der Waals surface area contributed by atoms with E-state index in [9.17, 15) is 28.3 Å². The molecular weight excluding hydrogens is 654 g/mol. The molecular formula is C33H40F2N10O5. The van der Waals surface area contributed by atoms with Crippen molar-refractivity contribution in [1.82, 2.24) is 50.6 Å². The SMILES string of the molecule is CNC(=O)[C@H](Cc1c[nH]c2ccccc12)NC(=O)[C@@H](CC(=O)NO)CC(C)C.OC(Cn1cncn1)(Cn1cncn1)c1ccc(F)cc1F. The smallest absolute Gasteiger partial charge is 0.244 e. The molecule has 17 heteroatoms. The molecule has 2 atom stereocenters. The first-order valence-electron chi connectivity index (χ1n) is 15.7. The van der Waals surface area contributed by atoms with Crippen molar-refractivity contribution in [2.75, 3.05) is 7.05 Å². The minimum atomic E-state index is -1.70. The first kappa shape index (κ1) is 37.3. The van der Waals surface area contributed by atoms with Crippen LogP contribution in [0.5, 0.6) is 0 Å². The van der Waals surface area contributed by atoms with Crippen molar-refractivity contribution in [3.8, 4) is 0 Å². The lowest BCUT2D eigenvalue weighted by molar-refractivity contribution is -0.136. The molecule has 266 valence electrons. The Morgan fingerprint density at radius 2 is 1.64 bits per heavy atom. The molecule has 0 fully saturated rings. The van der Waals surface area contributed by atoms with Gasteiger partial charge in [0.1, 0.15) is 48.6 Å². The predicted octanol–water partition coefficient (Wildman–Crippen LogP) is 2.23. The molecule has 3 aromatic heterocycles. The number of rotatable bonds is 14. The van der Waals surface area contributed by atoms with Crippen molar-refractivity contribution in [2.24, 2.45) is 11.8 Å². The summed E-state index contributed by atoms with van der Waals surface area (Å²) in [6.07, 6.45) is 7.86. The number of hydroxylamine groups is 1. The van der Waals surface area contributed by atoms with Crippen LogP contribution in [0, 0.1) is 23.5 Å². The van der Waals surface area contributed by atoms with E-state index in [0.717, 1.165) is 28.6 Å². The first-order valence-corrected chi connectivity index (χ1v) is 15.7. The van der Waals surface area contributed by atoms with Crippen LogP contribution in [0.25, 0.3) is 10.9 Å². The average molecular weight is 695 g/mol. The Morgan fingerprint density at radius 3 is 2.20 bits per heavy atom. The number of halogens is 2. The second-order valence-corrected chi connectivity index (χ2v) is 12.1. The molecule has 5 aromatic rings. The molecule has 0 aliphatic carbocycles. The molecule has 0 aliphatic heterocycles. The van der Waals surface area contributed by atoms with E-state index in [2.05, 4.69) is 35.8 Å². The van der Waals surface area contributed by atoms with Crippen LogP contribution in [0.2, 0.25) is 0 Å². The van der Waals surface area contributed by atoms with Crippen LogP contribution in [0.1, 0.15) is 37.8 Å². The highest BCUT2D eigenvalue weighted by molar-refractivity contribution is 5.91. The summed E-state index contributed by atoms with van der Waals surface area (Å²) in [5, 5.41) is 33.9. The fourth-order valence-corrected chi connectivity index (χ4v) is 5.57. The van der Waals surface area contributed by atoms with Gasteiger partial charge in [-0.2, -0.15) is 10.2 Å². The van der Waals surface area contributed by atoms with E-state index in [1.54, 1.807) is 5.48 Å². The normalized spacial score (nSPS) is 12.6. The molecule has 0 saturated carbocycles. The van der Waals surface area contributed by atoms with Crippen molar-refractivity contribution < 1.29 is 33.5 Å². The van der Waals surface area contributed by atoms with Gasteiger partial charge in [-0.15, -0.1) is 0 Å². The lowest BCUT2D eigenvalue weighted by atomic mass is 9.92. The summed E-state index contributed by atoms with van der Waals surface area (Å²) in [6, 6.07) is 9.98. The Balaban J connectivity index is 0.000000231. The lowest BCUT2D eigenvalue weighted by Crippen LogP contribution is -2.49. The van der Waals surface area contributed by atoms with Crippen molar-refractivity contribution in [3.05, 3.63) is 96.7 Å². The Hall–Kier alpha value is -5.55. The molecule has 0 spiro atoms. The molecule has 15 nitrogen and oxygen atoms in total. The van der Waals surface area contributed by atoms with Gasteiger partial charge < -0.3 is 20.7 Å². The van der Waals surface area contributed by atoms with Crippen LogP contribution >= 0.6 is 0 Å². The monoisotopic (exact) mass is 694 g/mol. The number of hydrogen-bond acceptors (Lipinski definition) is 9. The summed E-state index contributed by atoms with van der Waals surface area (Å²) >= 11 is 0. The number of aromatic nitrogens is 7. The van der Waals surface area contributed by atoms with Gasteiger partial charge in [0.05, 0.1) is 13.1 Å². The summed E-state index contributed by atoms with van der Waals surface area (Å²) in [5.74, 6) is -3.35. The Morgan fingerprint density at radius 1 is 0.980 bits per heavy atom. The molecule has 0 radical (unpaired) electrons. The largest absolute Gasteiger partial charge is 0.381 e. The number of hydrogen-bond donors (Lipinski definition) is 6. The van der Waals surface area contributed by atoms with Crippen molar-refractivity contribution in [3.63, 3.8) is 0 Å². The molecule has 2 aromatic carbocycles. The number of H-pyrrole nitrogens is 1. The molecule has 0 aliphatic rings. The van der Waals surface area contributed by atoms with Gasteiger partial charge >= 0.3 is 0 Å². The van der Waals surface area contributed by atoms with Crippen LogP contribution in [-0.2, 0) is 39.5 Å². The zero-order chi connectivity index (χ0) is 36.3. The number of aromatic amines is 1. The number of amides is 3. The third-order valence-corrected chi connectivity index (χ3v) is 7.87. The van der Waals surface area contributed by atoms with Crippen LogP contribution in [0.4, 0.5) is 8.78 Å². The highest BCUT2D eigenvalue weighted by Gasteiger charge is 2.34. The minimum absolute atomic E-state index is 0.0556. The summed E-state index contributed by atoms with van der Waals surface area (Å²) in [6.45, 7) is 3.74. The van der Waals surface area contributed by atoms with E-state index < -0.39 is 35.1 Å². The van der Waals surface area contributed by atoms with Gasteiger partial charge in [0, 0.05) is 54.5 Å². The maximum absolute atomic E-state index is 14.1. The predicted molar refractivity (Wildman–Crippen MR) is 176 cm³/mol. The maximum atomic E-state index is 14.1. The molecule has 6 N–H and O–H groups in total. The average Bonchev–Trinajstić information content (AvgIpc) is 3.87. The summed E-state index contributed by atoms with van der Waals surface area (Å²) in [5.41, 5.74) is 1.68. The summed E-state index contributed by atoms with van der Waals surface area (Å²) in [4.78, 5) is 47.5. The van der Waals surface area contributed by atoms with Gasteiger partial charge in [0.25, 0.3) is 0 Å². The lowest BCUT2D eigenvalue weighted by Gasteiger charge is -2.28. The molecule has 0 unspecified atom stereocenters. The fourth-order valence-electron chi connectivity index (χ4n) is 5.57. The van der Waals surface area contributed by atoms with Crippen molar-refractivity contribution >= 4 is 28.6 Å². The Labute approximate surface area is 286 Å². The van der Waals surface area contributed by atoms with Gasteiger partial charge in [-0.1, -0.05) is 38.1 Å². The van der Waals surface area contributed by atoms with Crippen molar-refractivity contribution in [1.29, 1.82) is 0 Å². The topological polar surface area (TPSA) is 205 Å². The standard InChI is InChI=1S/C20H28N4O4.C13H12F2N6O/c1-12(2)8-13(10-18(25)24-28)19(26)23-17(20(27)21-3)9-14-11-22-16-7-5-4-6-15(14)16;14-10-1-2-11(12(15)3-10)13(22,4-20-8-16-6-18-20)5-21-9-17-7-19-21/h4-7,11-13,17,22,28H,8-10H2,1-3H3,(H,21,27)(H,23,26)(H,24,25);1-3,6-9,22H,4-5H2/t13-,17+;/m1./s1. The van der Waals surface area contributed by atoms with Gasteiger partial charge in [-0.3, -0.25) is 19.6 Å². The Kier molecular flexibility index (Phi) is 12.8. The maximum Gasteiger partial charge on any atom is 0.244 e. The molecule has 0 bridgehead atoms. The number of nitrogens with one attached hydrogen (secondary N) is 4. The number of carbonyl (C=O) groups excluding carboxylic acids is 3. The molecule has 3 amide bonds. The third kappa shape index (κ3) is 9.99. The number of fused-ring (bicyclic) bond motifs is 1. The zero-order valence-corrected chi connectivity index (χ0v) is 27.8. The number of aliphatic hydroxyl groups is 1. The zero-order valence-electron chi connectivity index (χ0n) is 27.8. The van der Waals surface area contributed by atoms with Gasteiger partial charge in [0.15, 0.2) is 0 Å². The van der Waals surface area contributed by atoms with Gasteiger partial charge in [-0.05, 0) is 30.0 Å². The third-order valence-electron chi connectivity index (χ3n) is 7.87. The van der Waals surface area contributed by atoms with Crippen LogP contribution in [-0.4, -0.2) is 75.6 Å². The van der Waals surface area contributed by atoms with Gasteiger partial charge in [0.2, 0.25) is 17.7 Å². The molecule has 0 saturated heterocycles. The number of carbonyl (C=O) groups is 3. The first-order chi connectivity index (χ1) is 23.9. The van der Waals surface area contributed by atoms with E-state index in [1.807, 2.05) is 44.3 Å². The van der Waals surface area contributed by atoms with Gasteiger partial charge in [-0.25, -0.2) is 33.6 Å². The van der Waals surface area contributed by atoms with Crippen LogP contribution in [0.15, 0.2) is 74.0 Å². The van der Waals surface area contributed by atoms with Crippen molar-refractivity contribution in [2.45, 2.75) is 57.8 Å².